The first-order valence-corrected chi connectivity index (χ1v) is 23.1. The lowest BCUT2D eigenvalue weighted by molar-refractivity contribution is 0.0211. The van der Waals surface area contributed by atoms with Gasteiger partial charge in [0.05, 0.1) is 12.1 Å². The van der Waals surface area contributed by atoms with Crippen LogP contribution in [0.1, 0.15) is 88.1 Å². The second-order valence-corrected chi connectivity index (χ2v) is 19.9. The quantitative estimate of drug-likeness (QED) is 0.126. The molecular weight excluding hydrogens is 841 g/mol. The van der Waals surface area contributed by atoms with Gasteiger partial charge in [-0.2, -0.15) is 0 Å². The van der Waals surface area contributed by atoms with Crippen LogP contribution in [0, 0.1) is 10.8 Å². The summed E-state index contributed by atoms with van der Waals surface area (Å²) in [6, 6.07) is 33.5. The van der Waals surface area contributed by atoms with Crippen LogP contribution in [0.3, 0.4) is 0 Å². The van der Waals surface area contributed by atoms with Gasteiger partial charge in [-0.05, 0) is 142 Å². The van der Waals surface area contributed by atoms with E-state index in [2.05, 4.69) is 31.8 Å². The SMILES string of the molecule is CC(C)(C)OC(=O)N1CC2(CC2c2ccccc2Oc2ccc(-c3nc([C@@H]4CC5(CC5)CN4)n4ccnc(N)c34)cc2)C[C@H]1c1nc(-c2ccc(Oc3ccccc3)cc2)c2c(N)nccn12. The number of likely N-dealkylation sites (tertiary alicyclic amines) is 1. The second-order valence-electron chi connectivity index (χ2n) is 19.9. The maximum atomic E-state index is 14.3. The predicted molar refractivity (Wildman–Crippen MR) is 256 cm³/mol. The lowest BCUT2D eigenvalue weighted by atomic mass is 9.95. The Labute approximate surface area is 388 Å². The number of nitrogen functional groups attached to an aromatic ring is 2. The Kier molecular flexibility index (Phi) is 9.37. The van der Waals surface area contributed by atoms with Gasteiger partial charge >= 0.3 is 6.09 Å². The van der Waals surface area contributed by atoms with E-state index in [1.807, 2.05) is 133 Å². The Bertz CT molecular complexity index is 3190. The Hall–Kier alpha value is -7.45. The molecule has 0 radical (unpaired) electrons. The van der Waals surface area contributed by atoms with Crippen LogP contribution in [-0.2, 0) is 4.74 Å². The fourth-order valence-electron chi connectivity index (χ4n) is 10.6. The molecule has 4 aliphatic rings. The molecule has 67 heavy (non-hydrogen) atoms. The third kappa shape index (κ3) is 7.36. The molecule has 14 heteroatoms. The number of nitrogens with two attached hydrogens (primary N) is 2. The van der Waals surface area contributed by atoms with Crippen molar-refractivity contribution < 1.29 is 19.0 Å². The fourth-order valence-corrected chi connectivity index (χ4v) is 10.6. The van der Waals surface area contributed by atoms with Crippen molar-refractivity contribution in [2.45, 2.75) is 76.5 Å². The molecule has 2 unspecified atom stereocenters. The number of aromatic nitrogens is 6. The zero-order valence-electron chi connectivity index (χ0n) is 37.7. The number of amides is 1. The molecule has 0 bridgehead atoms. The summed E-state index contributed by atoms with van der Waals surface area (Å²) >= 11 is 0. The van der Waals surface area contributed by atoms with Crippen molar-refractivity contribution in [3.63, 3.8) is 0 Å². The summed E-state index contributed by atoms with van der Waals surface area (Å²) in [5, 5.41) is 3.72. The van der Waals surface area contributed by atoms with E-state index in [1.165, 1.54) is 12.8 Å². The smallest absolute Gasteiger partial charge is 0.410 e. The molecule has 6 heterocycles. The van der Waals surface area contributed by atoms with Gasteiger partial charge in [-0.3, -0.25) is 13.7 Å². The maximum Gasteiger partial charge on any atom is 0.410 e. The third-order valence-corrected chi connectivity index (χ3v) is 14.2. The zero-order chi connectivity index (χ0) is 45.7. The molecule has 4 atom stereocenters. The lowest BCUT2D eigenvalue weighted by Gasteiger charge is -2.28. The second kappa shape index (κ2) is 15.3. The van der Waals surface area contributed by atoms with Crippen LogP contribution in [0.4, 0.5) is 16.4 Å². The summed E-state index contributed by atoms with van der Waals surface area (Å²) < 4.78 is 23.0. The number of anilines is 2. The first kappa shape index (κ1) is 41.0. The van der Waals surface area contributed by atoms with Crippen LogP contribution >= 0.6 is 0 Å². The van der Waals surface area contributed by atoms with Crippen LogP contribution < -0.4 is 26.3 Å². The van der Waals surface area contributed by atoms with Crippen molar-refractivity contribution in [2.24, 2.45) is 10.8 Å². The molecule has 8 aromatic rings. The number of nitrogens with one attached hydrogen (secondary N) is 1. The first-order valence-electron chi connectivity index (χ1n) is 23.1. The number of rotatable bonds is 9. The highest BCUT2D eigenvalue weighted by Crippen LogP contribution is 2.69. The molecule has 14 nitrogen and oxygen atoms in total. The van der Waals surface area contributed by atoms with Crippen molar-refractivity contribution in [1.29, 1.82) is 0 Å². The Morgan fingerprint density at radius 1 is 0.701 bits per heavy atom. The van der Waals surface area contributed by atoms with E-state index in [9.17, 15) is 4.79 Å². The van der Waals surface area contributed by atoms with Gasteiger partial charge in [-0.1, -0.05) is 36.4 Å². The number of hydrogen-bond donors (Lipinski definition) is 3. The minimum atomic E-state index is -0.697. The van der Waals surface area contributed by atoms with Gasteiger partial charge in [-0.15, -0.1) is 0 Å². The molecular formula is C53H52N10O4. The van der Waals surface area contributed by atoms with Gasteiger partial charge in [0.15, 0.2) is 0 Å². The van der Waals surface area contributed by atoms with Crippen molar-refractivity contribution >= 4 is 28.8 Å². The molecule has 2 aliphatic heterocycles. The normalized spacial score (nSPS) is 21.7. The van der Waals surface area contributed by atoms with E-state index in [0.717, 1.165) is 64.6 Å². The zero-order valence-corrected chi connectivity index (χ0v) is 37.7. The summed E-state index contributed by atoms with van der Waals surface area (Å²) in [6.45, 7) is 7.20. The number of imidazole rings is 2. The van der Waals surface area contributed by atoms with Gasteiger partial charge < -0.3 is 31.0 Å². The summed E-state index contributed by atoms with van der Waals surface area (Å²) in [5.41, 5.74) is 18.5. The Balaban J connectivity index is 0.832. The first-order chi connectivity index (χ1) is 32.4. The highest BCUT2D eigenvalue weighted by molar-refractivity contribution is 5.87. The van der Waals surface area contributed by atoms with Gasteiger partial charge in [-0.25, -0.2) is 24.7 Å². The average molecular weight is 893 g/mol. The van der Waals surface area contributed by atoms with Crippen LogP contribution in [-0.4, -0.2) is 58.4 Å². The summed E-state index contributed by atoms with van der Waals surface area (Å²) in [5.74, 6) is 5.51. The fraction of sp³-hybridized carbons (Fsp3) is 0.302. The molecule has 4 aromatic heterocycles. The van der Waals surface area contributed by atoms with Crippen molar-refractivity contribution in [3.05, 3.63) is 145 Å². The number of benzene rings is 4. The van der Waals surface area contributed by atoms with E-state index < -0.39 is 11.6 Å². The van der Waals surface area contributed by atoms with Crippen molar-refractivity contribution in [3.8, 4) is 45.5 Å². The standard InChI is InChI=1S/C53H52N10O4/c1-51(2,3)67-50(64)63-31-53(29-40(63)49-60-43(45-47(55)57-24-26-62(45)49)33-13-17-35(18-14-33)65-34-9-5-4-6-10-34)27-38(53)37-11-7-8-12-41(37)66-36-19-15-32(16-20-36)42-44-46(54)56-23-25-61(44)48(59-42)39-28-52(21-22-52)30-58-39/h4-20,23-26,38-40,58H,21-22,27-31H2,1-3H3,(H2,54,56)(H2,55,57)/t38?,39-,40-,53?/m0/s1. The molecule has 2 aliphatic carbocycles. The van der Waals surface area contributed by atoms with Crippen LogP contribution in [0.15, 0.2) is 128 Å². The van der Waals surface area contributed by atoms with E-state index in [1.54, 1.807) is 12.4 Å². The minimum absolute atomic E-state index is 0.122. The molecule has 338 valence electrons. The van der Waals surface area contributed by atoms with Gasteiger partial charge in [0.25, 0.3) is 0 Å². The largest absolute Gasteiger partial charge is 0.457 e. The highest BCUT2D eigenvalue weighted by Gasteiger charge is 2.63. The van der Waals surface area contributed by atoms with Crippen molar-refractivity contribution in [2.75, 3.05) is 24.6 Å². The number of carbonyl (C=O) groups is 1. The lowest BCUT2D eigenvalue weighted by Crippen LogP contribution is -2.37. The number of hydrogen-bond acceptors (Lipinski definition) is 11. The average Bonchev–Trinajstić information content (AvgIpc) is 3.91. The van der Waals surface area contributed by atoms with Gasteiger partial charge in [0.1, 0.15) is 74.3 Å². The van der Waals surface area contributed by atoms with E-state index in [4.69, 9.17) is 35.6 Å². The van der Waals surface area contributed by atoms with E-state index >= 15 is 0 Å². The summed E-state index contributed by atoms with van der Waals surface area (Å²) in [7, 11) is 0. The van der Waals surface area contributed by atoms with Crippen LogP contribution in [0.25, 0.3) is 33.5 Å². The van der Waals surface area contributed by atoms with Crippen LogP contribution in [0.5, 0.6) is 23.0 Å². The monoisotopic (exact) mass is 892 g/mol. The predicted octanol–water partition coefficient (Wildman–Crippen LogP) is 10.5. The number of nitrogens with zero attached hydrogens (tertiary/aromatic N) is 7. The molecule has 2 saturated carbocycles. The van der Waals surface area contributed by atoms with Gasteiger partial charge in [0, 0.05) is 49.0 Å². The minimum Gasteiger partial charge on any atom is -0.457 e. The number of para-hydroxylation sites is 2. The van der Waals surface area contributed by atoms with Crippen molar-refractivity contribution in [1.82, 2.24) is 39.0 Å². The van der Waals surface area contributed by atoms with E-state index in [0.29, 0.717) is 58.6 Å². The molecule has 2 saturated heterocycles. The highest BCUT2D eigenvalue weighted by atomic mass is 16.6. The molecule has 12 rings (SSSR count). The Morgan fingerprint density at radius 2 is 1.28 bits per heavy atom. The molecule has 4 aromatic carbocycles. The third-order valence-electron chi connectivity index (χ3n) is 14.2. The Morgan fingerprint density at radius 3 is 1.91 bits per heavy atom. The van der Waals surface area contributed by atoms with E-state index in [-0.39, 0.29) is 23.5 Å². The van der Waals surface area contributed by atoms with Gasteiger partial charge in [0.2, 0.25) is 0 Å². The number of carbonyl (C=O) groups excluding carboxylic acids is 1. The topological polar surface area (TPSA) is 172 Å². The molecule has 2 spiro atoms. The maximum absolute atomic E-state index is 14.3. The molecule has 1 amide bonds. The number of fused-ring (bicyclic) bond motifs is 2. The molecule has 5 N–H and O–H groups in total. The number of ether oxygens (including phenoxy) is 3. The summed E-state index contributed by atoms with van der Waals surface area (Å²) in [4.78, 5) is 35.5. The summed E-state index contributed by atoms with van der Waals surface area (Å²) in [6.07, 6.45) is 12.0. The van der Waals surface area contributed by atoms with Crippen LogP contribution in [0.2, 0.25) is 0 Å². The molecule has 4 fully saturated rings.